The molecule has 0 saturated carbocycles. The number of aromatic nitrogens is 1. The number of carbonyl (C=O) groups excluding carboxylic acids is 1. The Morgan fingerprint density at radius 1 is 1.41 bits per heavy atom. The second-order valence-electron chi connectivity index (χ2n) is 5.78. The first-order chi connectivity index (χ1) is 10.4. The summed E-state index contributed by atoms with van der Waals surface area (Å²) in [5, 5.41) is 1.90. The van der Waals surface area contributed by atoms with Gasteiger partial charge in [0.05, 0.1) is 22.3 Å². The summed E-state index contributed by atoms with van der Waals surface area (Å²) in [6.07, 6.45) is 0.686. The molecule has 0 fully saturated rings. The standard InChI is InChI=1S/C16H17Cl2NO3/c1-8(2)16(22-9(3)20)15-10(6-7-21-16)13-12(19-15)5-4-11(17)14(13)18/h4-5,8,19H,6-7H2,1-3H3. The number of hydrogen-bond acceptors (Lipinski definition) is 3. The number of nitrogens with one attached hydrogen (secondary N) is 1. The molecule has 1 aromatic carbocycles. The van der Waals surface area contributed by atoms with Crippen molar-refractivity contribution >= 4 is 40.1 Å². The third kappa shape index (κ3) is 2.21. The fourth-order valence-electron chi connectivity index (χ4n) is 3.08. The summed E-state index contributed by atoms with van der Waals surface area (Å²) in [6.45, 7) is 5.75. The molecule has 0 saturated heterocycles. The van der Waals surface area contributed by atoms with E-state index in [1.54, 1.807) is 6.07 Å². The predicted octanol–water partition coefficient (Wildman–Crippen LogP) is 4.42. The molecule has 22 heavy (non-hydrogen) atoms. The van der Waals surface area contributed by atoms with E-state index in [-0.39, 0.29) is 11.9 Å². The maximum atomic E-state index is 11.6. The maximum absolute atomic E-state index is 11.6. The highest BCUT2D eigenvalue weighted by atomic mass is 35.5. The second kappa shape index (κ2) is 5.44. The van der Waals surface area contributed by atoms with Crippen LogP contribution in [-0.4, -0.2) is 17.6 Å². The summed E-state index contributed by atoms with van der Waals surface area (Å²) in [5.41, 5.74) is 2.62. The van der Waals surface area contributed by atoms with Crippen molar-refractivity contribution in [2.75, 3.05) is 6.61 Å². The molecule has 0 bridgehead atoms. The van der Waals surface area contributed by atoms with E-state index in [0.29, 0.717) is 23.1 Å². The van der Waals surface area contributed by atoms with Crippen molar-refractivity contribution in [1.29, 1.82) is 0 Å². The molecule has 1 unspecified atom stereocenters. The van der Waals surface area contributed by atoms with Gasteiger partial charge in [0.25, 0.3) is 5.79 Å². The summed E-state index contributed by atoms with van der Waals surface area (Å²) in [4.78, 5) is 14.9. The molecule has 1 N–H and O–H groups in total. The number of carbonyl (C=O) groups is 1. The summed E-state index contributed by atoms with van der Waals surface area (Å²) in [6, 6.07) is 3.62. The van der Waals surface area contributed by atoms with Crippen molar-refractivity contribution < 1.29 is 14.3 Å². The minimum Gasteiger partial charge on any atom is -0.427 e. The zero-order chi connectivity index (χ0) is 16.1. The summed E-state index contributed by atoms with van der Waals surface area (Å²) in [5.74, 6) is -1.56. The van der Waals surface area contributed by atoms with E-state index >= 15 is 0 Å². The zero-order valence-electron chi connectivity index (χ0n) is 12.6. The SMILES string of the molecule is CC(=O)OC1(C(C)C)OCCc2c1[nH]c1ccc(Cl)c(Cl)c21. The van der Waals surface area contributed by atoms with E-state index in [1.165, 1.54) is 6.92 Å². The lowest BCUT2D eigenvalue weighted by Crippen LogP contribution is -2.44. The third-order valence-electron chi connectivity index (χ3n) is 4.03. The van der Waals surface area contributed by atoms with Crippen LogP contribution in [0, 0.1) is 5.92 Å². The van der Waals surface area contributed by atoms with Crippen LogP contribution in [-0.2, 0) is 26.5 Å². The van der Waals surface area contributed by atoms with Crippen LogP contribution in [0.15, 0.2) is 12.1 Å². The molecular formula is C16H17Cl2NO3. The summed E-state index contributed by atoms with van der Waals surface area (Å²) >= 11 is 12.5. The minimum atomic E-state index is -1.12. The maximum Gasteiger partial charge on any atom is 0.305 e. The Bertz CT molecular complexity index is 753. The summed E-state index contributed by atoms with van der Waals surface area (Å²) in [7, 11) is 0. The van der Waals surface area contributed by atoms with Gasteiger partial charge in [-0.05, 0) is 24.1 Å². The monoisotopic (exact) mass is 341 g/mol. The lowest BCUT2D eigenvalue weighted by atomic mass is 9.92. The van der Waals surface area contributed by atoms with E-state index in [9.17, 15) is 4.79 Å². The van der Waals surface area contributed by atoms with E-state index in [0.717, 1.165) is 22.2 Å². The molecule has 1 aliphatic rings. The van der Waals surface area contributed by atoms with Gasteiger partial charge in [0.2, 0.25) is 0 Å². The number of H-pyrrole nitrogens is 1. The lowest BCUT2D eigenvalue weighted by molar-refractivity contribution is -0.265. The number of hydrogen-bond donors (Lipinski definition) is 1. The Hall–Kier alpha value is -1.23. The van der Waals surface area contributed by atoms with Gasteiger partial charge in [-0.25, -0.2) is 0 Å². The molecular weight excluding hydrogens is 325 g/mol. The fraction of sp³-hybridized carbons (Fsp3) is 0.438. The quantitative estimate of drug-likeness (QED) is 0.822. The Labute approximate surface area is 138 Å². The van der Waals surface area contributed by atoms with E-state index in [1.807, 2.05) is 19.9 Å². The zero-order valence-corrected chi connectivity index (χ0v) is 14.1. The van der Waals surface area contributed by atoms with Gasteiger partial charge in [-0.2, -0.15) is 0 Å². The van der Waals surface area contributed by atoms with Crippen LogP contribution in [0.3, 0.4) is 0 Å². The van der Waals surface area contributed by atoms with Gasteiger partial charge in [-0.1, -0.05) is 37.0 Å². The molecule has 118 valence electrons. The van der Waals surface area contributed by atoms with Crippen molar-refractivity contribution in [1.82, 2.24) is 4.98 Å². The van der Waals surface area contributed by atoms with Crippen molar-refractivity contribution in [3.05, 3.63) is 33.4 Å². The van der Waals surface area contributed by atoms with E-state index in [2.05, 4.69) is 4.98 Å². The van der Waals surface area contributed by atoms with Gasteiger partial charge < -0.3 is 14.5 Å². The largest absolute Gasteiger partial charge is 0.427 e. The van der Waals surface area contributed by atoms with Crippen molar-refractivity contribution in [3.8, 4) is 0 Å². The van der Waals surface area contributed by atoms with Crippen LogP contribution >= 0.6 is 23.2 Å². The molecule has 0 spiro atoms. The van der Waals surface area contributed by atoms with E-state index in [4.69, 9.17) is 32.7 Å². The van der Waals surface area contributed by atoms with Gasteiger partial charge in [0.1, 0.15) is 0 Å². The number of rotatable bonds is 2. The molecule has 4 nitrogen and oxygen atoms in total. The van der Waals surface area contributed by atoms with Crippen molar-refractivity contribution in [2.45, 2.75) is 33.0 Å². The van der Waals surface area contributed by atoms with Crippen molar-refractivity contribution in [3.63, 3.8) is 0 Å². The molecule has 2 aromatic rings. The molecule has 6 heteroatoms. The van der Waals surface area contributed by atoms with Crippen LogP contribution in [0.2, 0.25) is 10.0 Å². The molecule has 1 aromatic heterocycles. The number of esters is 1. The molecule has 2 heterocycles. The molecule has 1 atom stereocenters. The highest BCUT2D eigenvalue weighted by Gasteiger charge is 2.46. The van der Waals surface area contributed by atoms with Gasteiger partial charge in [-0.3, -0.25) is 4.79 Å². The van der Waals surface area contributed by atoms with Gasteiger partial charge >= 0.3 is 5.97 Å². The number of ether oxygens (including phenoxy) is 2. The van der Waals surface area contributed by atoms with Gasteiger partial charge in [-0.15, -0.1) is 0 Å². The van der Waals surface area contributed by atoms with Crippen LogP contribution in [0.25, 0.3) is 10.9 Å². The van der Waals surface area contributed by atoms with Gasteiger partial charge in [0.15, 0.2) is 0 Å². The minimum absolute atomic E-state index is 0.0576. The van der Waals surface area contributed by atoms with E-state index < -0.39 is 5.79 Å². The smallest absolute Gasteiger partial charge is 0.305 e. The second-order valence-corrected chi connectivity index (χ2v) is 6.56. The number of benzene rings is 1. The molecule has 0 amide bonds. The van der Waals surface area contributed by atoms with Crippen LogP contribution < -0.4 is 0 Å². The first kappa shape index (κ1) is 15.7. The molecule has 0 radical (unpaired) electrons. The van der Waals surface area contributed by atoms with Gasteiger partial charge in [0, 0.05) is 23.7 Å². The number of aromatic amines is 1. The van der Waals surface area contributed by atoms with Crippen LogP contribution in [0.4, 0.5) is 0 Å². The average molecular weight is 342 g/mol. The third-order valence-corrected chi connectivity index (χ3v) is 4.83. The Morgan fingerprint density at radius 3 is 2.77 bits per heavy atom. The highest BCUT2D eigenvalue weighted by molar-refractivity contribution is 6.45. The van der Waals surface area contributed by atoms with Crippen molar-refractivity contribution in [2.24, 2.45) is 5.92 Å². The lowest BCUT2D eigenvalue weighted by Gasteiger charge is -2.39. The van der Waals surface area contributed by atoms with Crippen LogP contribution in [0.5, 0.6) is 0 Å². The topological polar surface area (TPSA) is 51.3 Å². The predicted molar refractivity (Wildman–Crippen MR) is 86.3 cm³/mol. The number of halogens is 2. The Kier molecular flexibility index (Phi) is 3.87. The fourth-order valence-corrected chi connectivity index (χ4v) is 3.51. The number of fused-ring (bicyclic) bond motifs is 3. The molecule has 3 rings (SSSR count). The van der Waals surface area contributed by atoms with Crippen LogP contribution in [0.1, 0.15) is 32.0 Å². The highest BCUT2D eigenvalue weighted by Crippen LogP contribution is 2.45. The Morgan fingerprint density at radius 2 is 2.14 bits per heavy atom. The Balaban J connectivity index is 2.30. The first-order valence-corrected chi connectivity index (χ1v) is 7.95. The first-order valence-electron chi connectivity index (χ1n) is 7.19. The average Bonchev–Trinajstić information content (AvgIpc) is 2.82. The molecule has 0 aliphatic carbocycles. The summed E-state index contributed by atoms with van der Waals surface area (Å²) < 4.78 is 11.5. The molecule has 1 aliphatic heterocycles. The normalized spacial score (nSPS) is 21.2.